The molecule has 0 saturated carbocycles. The number of halogens is 1. The molecule has 0 unspecified atom stereocenters. The minimum Gasteiger partial charge on any atom is -0.465 e. The van der Waals surface area contributed by atoms with Gasteiger partial charge in [-0.05, 0) is 56.3 Å². The third-order valence-corrected chi connectivity index (χ3v) is 7.06. The Morgan fingerprint density at radius 1 is 1.06 bits per heavy atom. The number of anilines is 1. The Bertz CT molecular complexity index is 1300. The normalized spacial score (nSPS) is 11.1. The average molecular weight is 521 g/mol. The summed E-state index contributed by atoms with van der Waals surface area (Å²) in [5.41, 5.74) is 1.02. The Hall–Kier alpha value is -3.15. The number of benzene rings is 2. The van der Waals surface area contributed by atoms with E-state index in [2.05, 4.69) is 14.7 Å². The van der Waals surface area contributed by atoms with Gasteiger partial charge in [0, 0.05) is 21.3 Å². The molecule has 3 aromatic rings. The number of urea groups is 1. The molecule has 0 aliphatic heterocycles. The van der Waals surface area contributed by atoms with Crippen molar-refractivity contribution in [2.75, 3.05) is 17.9 Å². The van der Waals surface area contributed by atoms with Crippen molar-refractivity contribution in [1.29, 1.82) is 0 Å². The molecule has 0 fully saturated rings. The second kappa shape index (κ2) is 10.9. The van der Waals surface area contributed by atoms with Crippen molar-refractivity contribution >= 4 is 51.3 Å². The summed E-state index contributed by atoms with van der Waals surface area (Å²) < 4.78 is 32.7. The van der Waals surface area contributed by atoms with Crippen molar-refractivity contribution in [2.24, 2.45) is 0 Å². The van der Waals surface area contributed by atoms with Crippen molar-refractivity contribution in [3.05, 3.63) is 76.6 Å². The first kappa shape index (κ1) is 25.5. The van der Waals surface area contributed by atoms with Crippen LogP contribution >= 0.6 is 23.4 Å². The lowest BCUT2D eigenvalue weighted by Gasteiger charge is -2.22. The summed E-state index contributed by atoms with van der Waals surface area (Å²) in [6, 6.07) is 13.1. The van der Waals surface area contributed by atoms with Crippen molar-refractivity contribution in [3.8, 4) is 0 Å². The van der Waals surface area contributed by atoms with Gasteiger partial charge in [0.25, 0.3) is 10.0 Å². The lowest BCUT2D eigenvalue weighted by Crippen LogP contribution is -2.44. The molecule has 9 nitrogen and oxygen atoms in total. The minimum atomic E-state index is -4.43. The molecule has 178 valence electrons. The standard InChI is InChI=1S/C22H21ClN4O5S2/c1-14-12-15(2)25-21(24-14)27(13-33-17-10-8-16(23)9-11-17)22(29)26-34(30,31)19-7-5-4-6-18(19)20(28)32-3/h4-12H,13H2,1-3H3,(H,26,29). The van der Waals surface area contributed by atoms with Gasteiger partial charge in [-0.25, -0.2) is 32.7 Å². The van der Waals surface area contributed by atoms with Gasteiger partial charge in [-0.15, -0.1) is 11.8 Å². The van der Waals surface area contributed by atoms with Gasteiger partial charge in [-0.3, -0.25) is 4.90 Å². The van der Waals surface area contributed by atoms with Gasteiger partial charge >= 0.3 is 12.0 Å². The molecule has 0 bridgehead atoms. The molecule has 1 N–H and O–H groups in total. The summed E-state index contributed by atoms with van der Waals surface area (Å²) in [7, 11) is -3.30. The van der Waals surface area contributed by atoms with Gasteiger partial charge in [-0.1, -0.05) is 23.7 Å². The van der Waals surface area contributed by atoms with E-state index in [1.54, 1.807) is 44.2 Å². The number of rotatable bonds is 7. The Morgan fingerprint density at radius 3 is 2.29 bits per heavy atom. The first-order chi connectivity index (χ1) is 16.1. The predicted octanol–water partition coefficient (Wildman–Crippen LogP) is 4.19. The number of thioether (sulfide) groups is 1. The number of hydrogen-bond donors (Lipinski definition) is 1. The third kappa shape index (κ3) is 6.25. The number of amides is 2. The Kier molecular flexibility index (Phi) is 8.13. The van der Waals surface area contributed by atoms with Crippen LogP contribution in [0.2, 0.25) is 5.02 Å². The second-order valence-electron chi connectivity index (χ2n) is 7.00. The summed E-state index contributed by atoms with van der Waals surface area (Å²) >= 11 is 7.19. The van der Waals surface area contributed by atoms with Gasteiger partial charge in [0.15, 0.2) is 0 Å². The molecule has 0 spiro atoms. The molecule has 2 aromatic carbocycles. The lowest BCUT2D eigenvalue weighted by atomic mass is 10.2. The minimum absolute atomic E-state index is 0.00449. The fourth-order valence-electron chi connectivity index (χ4n) is 2.91. The van der Waals surface area contributed by atoms with Crippen molar-refractivity contribution < 1.29 is 22.7 Å². The zero-order valence-corrected chi connectivity index (χ0v) is 20.9. The molecule has 0 saturated heterocycles. The quantitative estimate of drug-likeness (QED) is 0.280. The zero-order chi connectivity index (χ0) is 24.9. The van der Waals surface area contributed by atoms with E-state index in [9.17, 15) is 18.0 Å². The van der Waals surface area contributed by atoms with Crippen LogP contribution in [0.25, 0.3) is 0 Å². The van der Waals surface area contributed by atoms with Crippen LogP contribution < -0.4 is 9.62 Å². The van der Waals surface area contributed by atoms with E-state index < -0.39 is 22.0 Å². The first-order valence-electron chi connectivity index (χ1n) is 9.83. The number of nitrogens with one attached hydrogen (secondary N) is 1. The topological polar surface area (TPSA) is 119 Å². The third-order valence-electron chi connectivity index (χ3n) is 4.43. The van der Waals surface area contributed by atoms with Crippen molar-refractivity contribution in [2.45, 2.75) is 23.6 Å². The van der Waals surface area contributed by atoms with E-state index in [0.717, 1.165) is 16.9 Å². The molecule has 12 heteroatoms. The smallest absolute Gasteiger partial charge is 0.339 e. The molecular weight excluding hydrogens is 500 g/mol. The van der Waals surface area contributed by atoms with E-state index in [-0.39, 0.29) is 22.3 Å². The monoisotopic (exact) mass is 520 g/mol. The number of hydrogen-bond acceptors (Lipinski definition) is 8. The number of aryl methyl sites for hydroxylation is 2. The summed E-state index contributed by atoms with van der Waals surface area (Å²) in [6.07, 6.45) is 0. The molecule has 1 aromatic heterocycles. The number of ether oxygens (including phenoxy) is 1. The first-order valence-corrected chi connectivity index (χ1v) is 12.7. The van der Waals surface area contributed by atoms with Gasteiger partial charge in [-0.2, -0.15) is 0 Å². The number of sulfonamides is 1. The van der Waals surface area contributed by atoms with E-state index in [1.807, 2.05) is 4.72 Å². The number of nitrogens with zero attached hydrogens (tertiary/aromatic N) is 3. The molecule has 0 atom stereocenters. The Balaban J connectivity index is 1.93. The van der Waals surface area contributed by atoms with E-state index in [1.165, 1.54) is 36.0 Å². The highest BCUT2D eigenvalue weighted by Gasteiger charge is 2.28. The van der Waals surface area contributed by atoms with Crippen molar-refractivity contribution in [1.82, 2.24) is 14.7 Å². The molecule has 34 heavy (non-hydrogen) atoms. The maximum atomic E-state index is 13.2. The van der Waals surface area contributed by atoms with E-state index in [0.29, 0.717) is 16.4 Å². The number of carbonyl (C=O) groups excluding carboxylic acids is 2. The highest BCUT2D eigenvalue weighted by atomic mass is 35.5. The maximum Gasteiger partial charge on any atom is 0.339 e. The summed E-state index contributed by atoms with van der Waals surface area (Å²) in [4.78, 5) is 35.3. The number of methoxy groups -OCH3 is 1. The van der Waals surface area contributed by atoms with Crippen LogP contribution in [0.5, 0.6) is 0 Å². The fourth-order valence-corrected chi connectivity index (χ4v) is 5.02. The van der Waals surface area contributed by atoms with Gasteiger partial charge in [0.2, 0.25) is 5.95 Å². The molecular formula is C22H21ClN4O5S2. The maximum absolute atomic E-state index is 13.2. The molecule has 3 rings (SSSR count). The SMILES string of the molecule is COC(=O)c1ccccc1S(=O)(=O)NC(=O)N(CSc1ccc(Cl)cc1)c1nc(C)cc(C)n1. The van der Waals surface area contributed by atoms with Gasteiger partial charge in [0.05, 0.1) is 18.6 Å². The van der Waals surface area contributed by atoms with Crippen LogP contribution in [0.1, 0.15) is 21.7 Å². The average Bonchev–Trinajstić information content (AvgIpc) is 2.79. The van der Waals surface area contributed by atoms with Crippen LogP contribution in [0, 0.1) is 13.8 Å². The molecule has 0 radical (unpaired) electrons. The Morgan fingerprint density at radius 2 is 1.68 bits per heavy atom. The number of esters is 1. The highest BCUT2D eigenvalue weighted by molar-refractivity contribution is 7.99. The summed E-state index contributed by atoms with van der Waals surface area (Å²) in [5, 5.41) is 0.562. The number of aromatic nitrogens is 2. The summed E-state index contributed by atoms with van der Waals surface area (Å²) in [5.74, 6) is -0.806. The molecule has 1 heterocycles. The second-order valence-corrected chi connectivity index (χ2v) is 10.1. The zero-order valence-electron chi connectivity index (χ0n) is 18.5. The molecule has 0 aliphatic carbocycles. The molecule has 0 aliphatic rings. The fraction of sp³-hybridized carbons (Fsp3) is 0.182. The summed E-state index contributed by atoms with van der Waals surface area (Å²) in [6.45, 7) is 3.48. The van der Waals surface area contributed by atoms with Gasteiger partial charge in [0.1, 0.15) is 4.90 Å². The predicted molar refractivity (Wildman–Crippen MR) is 130 cm³/mol. The van der Waals surface area contributed by atoms with Crippen LogP contribution in [0.4, 0.5) is 10.7 Å². The Labute approximate surface area is 206 Å². The van der Waals surface area contributed by atoms with Crippen molar-refractivity contribution in [3.63, 3.8) is 0 Å². The van der Waals surface area contributed by atoms with Crippen LogP contribution in [0.15, 0.2) is 64.4 Å². The highest BCUT2D eigenvalue weighted by Crippen LogP contribution is 2.24. The van der Waals surface area contributed by atoms with E-state index in [4.69, 9.17) is 11.6 Å². The largest absolute Gasteiger partial charge is 0.465 e. The van der Waals surface area contributed by atoms with Crippen LogP contribution in [0.3, 0.4) is 0 Å². The van der Waals surface area contributed by atoms with Gasteiger partial charge < -0.3 is 4.74 Å². The van der Waals surface area contributed by atoms with E-state index >= 15 is 0 Å². The molecule has 2 amide bonds. The number of carbonyl (C=O) groups is 2. The van der Waals surface area contributed by atoms with Crippen LogP contribution in [-0.2, 0) is 14.8 Å². The van der Waals surface area contributed by atoms with Crippen LogP contribution in [-0.4, -0.2) is 43.4 Å². The lowest BCUT2D eigenvalue weighted by molar-refractivity contribution is 0.0596.